The molecule has 0 saturated heterocycles. The quantitative estimate of drug-likeness (QED) is 0.396. The minimum absolute atomic E-state index is 0.557. The molecule has 92 valence electrons. The van der Waals surface area contributed by atoms with Crippen molar-refractivity contribution in [3.8, 4) is 0 Å². The molecule has 17 heavy (non-hydrogen) atoms. The lowest BCUT2D eigenvalue weighted by Gasteiger charge is -2.11. The van der Waals surface area contributed by atoms with E-state index < -0.39 is 0 Å². The van der Waals surface area contributed by atoms with Gasteiger partial charge in [-0.2, -0.15) is 0 Å². The van der Waals surface area contributed by atoms with Gasteiger partial charge in [0.05, 0.1) is 0 Å². The molecule has 0 bridgehead atoms. The Balaban J connectivity index is 4.47. The summed E-state index contributed by atoms with van der Waals surface area (Å²) >= 11 is 0. The summed E-state index contributed by atoms with van der Waals surface area (Å²) in [5, 5.41) is 0. The second-order valence-electron chi connectivity index (χ2n) is 3.62. The van der Waals surface area contributed by atoms with Gasteiger partial charge >= 0.3 is 0 Å². The summed E-state index contributed by atoms with van der Waals surface area (Å²) in [6.07, 6.45) is 12.1. The number of hydrogen-bond donors (Lipinski definition) is 0. The first-order valence-electron chi connectivity index (χ1n) is 5.82. The Morgan fingerprint density at radius 3 is 2.41 bits per heavy atom. The second kappa shape index (κ2) is 9.46. The lowest BCUT2D eigenvalue weighted by molar-refractivity contribution is 0.330. The zero-order chi connectivity index (χ0) is 13.1. The van der Waals surface area contributed by atoms with Crippen LogP contribution in [0.5, 0.6) is 0 Å². The fourth-order valence-corrected chi connectivity index (χ4v) is 1.26. The highest BCUT2D eigenvalue weighted by Crippen LogP contribution is 2.19. The molecule has 0 N–H and O–H groups in total. The molecule has 0 rings (SSSR count). The third-order valence-corrected chi connectivity index (χ3v) is 2.15. The Morgan fingerprint density at radius 1 is 1.18 bits per heavy atom. The van der Waals surface area contributed by atoms with Gasteiger partial charge in [-0.1, -0.05) is 64.0 Å². The molecule has 0 spiro atoms. The van der Waals surface area contributed by atoms with Gasteiger partial charge < -0.3 is 4.74 Å². The molecular weight excluding hydrogens is 208 g/mol. The van der Waals surface area contributed by atoms with Crippen LogP contribution in [-0.2, 0) is 4.74 Å². The van der Waals surface area contributed by atoms with Gasteiger partial charge in [-0.05, 0) is 24.5 Å². The van der Waals surface area contributed by atoms with E-state index in [-0.39, 0.29) is 0 Å². The van der Waals surface area contributed by atoms with Crippen LogP contribution in [0.25, 0.3) is 0 Å². The monoisotopic (exact) mass is 230 g/mol. The van der Waals surface area contributed by atoms with Gasteiger partial charge in [-0.25, -0.2) is 0 Å². The molecule has 1 nitrogen and oxygen atoms in total. The Bertz CT molecular complexity index is 343. The zero-order valence-electron chi connectivity index (χ0n) is 10.7. The van der Waals surface area contributed by atoms with Crippen molar-refractivity contribution in [1.82, 2.24) is 0 Å². The summed E-state index contributed by atoms with van der Waals surface area (Å²) < 4.78 is 5.52. The number of allylic oxidation sites excluding steroid dienone is 6. The standard InChI is InChI=1S/C16H22O/c1-6-9-12-14(4)17-15(5)16(11-8-3)13-10-7-2/h6,8-9,11-12H,1,3-5,7,10,13H2,2H3/b12-9-,16-11-. The van der Waals surface area contributed by atoms with Gasteiger partial charge in [0.25, 0.3) is 0 Å². The highest BCUT2D eigenvalue weighted by molar-refractivity contribution is 5.29. The van der Waals surface area contributed by atoms with Crippen LogP contribution in [0.4, 0.5) is 0 Å². The van der Waals surface area contributed by atoms with Crippen molar-refractivity contribution in [3.63, 3.8) is 0 Å². The van der Waals surface area contributed by atoms with Crippen molar-refractivity contribution in [2.75, 3.05) is 0 Å². The summed E-state index contributed by atoms with van der Waals surface area (Å²) in [5.74, 6) is 1.19. The highest BCUT2D eigenvalue weighted by Gasteiger charge is 2.03. The van der Waals surface area contributed by atoms with Crippen LogP contribution < -0.4 is 0 Å². The fourth-order valence-electron chi connectivity index (χ4n) is 1.26. The smallest absolute Gasteiger partial charge is 0.123 e. The maximum atomic E-state index is 5.52. The molecule has 0 radical (unpaired) electrons. The average molecular weight is 230 g/mol. The van der Waals surface area contributed by atoms with Gasteiger partial charge in [-0.3, -0.25) is 0 Å². The molecule has 0 atom stereocenters. The van der Waals surface area contributed by atoms with Crippen molar-refractivity contribution in [1.29, 1.82) is 0 Å². The van der Waals surface area contributed by atoms with Crippen LogP contribution >= 0.6 is 0 Å². The summed E-state index contributed by atoms with van der Waals surface area (Å²) in [5.41, 5.74) is 1.06. The van der Waals surface area contributed by atoms with Crippen molar-refractivity contribution in [2.24, 2.45) is 0 Å². The van der Waals surface area contributed by atoms with E-state index in [0.717, 1.165) is 24.8 Å². The lowest BCUT2D eigenvalue weighted by atomic mass is 10.1. The first kappa shape index (κ1) is 15.2. The first-order chi connectivity index (χ1) is 8.15. The van der Waals surface area contributed by atoms with Gasteiger partial charge in [-0.15, -0.1) is 0 Å². The largest absolute Gasteiger partial charge is 0.458 e. The zero-order valence-corrected chi connectivity index (χ0v) is 10.7. The molecule has 0 aromatic carbocycles. The Labute approximate surface area is 105 Å². The molecule has 0 fully saturated rings. The molecule has 0 aliphatic carbocycles. The highest BCUT2D eigenvalue weighted by atomic mass is 16.5. The SMILES string of the molecule is C=C/C=C\C(=C)OC(=C)/C(=C\C=C)CCCC. The van der Waals surface area contributed by atoms with E-state index in [1.54, 1.807) is 24.3 Å². The molecule has 0 aliphatic rings. The predicted molar refractivity (Wildman–Crippen MR) is 76.5 cm³/mol. The maximum absolute atomic E-state index is 5.52. The fraction of sp³-hybridized carbons (Fsp3) is 0.250. The molecular formula is C16H22O. The van der Waals surface area contributed by atoms with E-state index in [9.17, 15) is 0 Å². The summed E-state index contributed by atoms with van der Waals surface area (Å²) in [7, 11) is 0. The van der Waals surface area contributed by atoms with Crippen LogP contribution in [0.15, 0.2) is 73.8 Å². The number of ether oxygens (including phenoxy) is 1. The van der Waals surface area contributed by atoms with Crippen molar-refractivity contribution in [3.05, 3.63) is 73.8 Å². The predicted octanol–water partition coefficient (Wildman–Crippen LogP) is 5.08. The molecule has 0 aromatic rings. The molecule has 0 heterocycles. The van der Waals surface area contributed by atoms with E-state index in [2.05, 4.69) is 33.2 Å². The lowest BCUT2D eigenvalue weighted by Crippen LogP contribution is -1.94. The Morgan fingerprint density at radius 2 is 1.88 bits per heavy atom. The minimum atomic E-state index is 0.557. The van der Waals surface area contributed by atoms with Crippen LogP contribution in [0.1, 0.15) is 26.2 Å². The van der Waals surface area contributed by atoms with Crippen LogP contribution in [0, 0.1) is 0 Å². The van der Waals surface area contributed by atoms with Crippen LogP contribution in [-0.4, -0.2) is 0 Å². The third kappa shape index (κ3) is 7.18. The van der Waals surface area contributed by atoms with Gasteiger partial charge in [0.15, 0.2) is 0 Å². The number of hydrogen-bond acceptors (Lipinski definition) is 1. The molecule has 0 amide bonds. The van der Waals surface area contributed by atoms with Crippen LogP contribution in [0.2, 0.25) is 0 Å². The Kier molecular flexibility index (Phi) is 8.48. The van der Waals surface area contributed by atoms with E-state index >= 15 is 0 Å². The average Bonchev–Trinajstić information content (AvgIpc) is 2.31. The summed E-state index contributed by atoms with van der Waals surface area (Å²) in [6, 6.07) is 0. The molecule has 0 unspecified atom stereocenters. The van der Waals surface area contributed by atoms with Gasteiger partial charge in [0, 0.05) is 0 Å². The minimum Gasteiger partial charge on any atom is -0.458 e. The third-order valence-electron chi connectivity index (χ3n) is 2.15. The maximum Gasteiger partial charge on any atom is 0.123 e. The summed E-state index contributed by atoms with van der Waals surface area (Å²) in [4.78, 5) is 0. The second-order valence-corrected chi connectivity index (χ2v) is 3.62. The van der Waals surface area contributed by atoms with Gasteiger partial charge in [0.1, 0.15) is 11.5 Å². The molecule has 0 aromatic heterocycles. The topological polar surface area (TPSA) is 9.23 Å². The first-order valence-corrected chi connectivity index (χ1v) is 5.82. The van der Waals surface area contributed by atoms with Crippen molar-refractivity contribution < 1.29 is 4.74 Å². The summed E-state index contributed by atoms with van der Waals surface area (Å²) in [6.45, 7) is 17.1. The molecule has 0 saturated carbocycles. The van der Waals surface area contributed by atoms with Crippen molar-refractivity contribution >= 4 is 0 Å². The van der Waals surface area contributed by atoms with Crippen molar-refractivity contribution in [2.45, 2.75) is 26.2 Å². The molecule has 0 aliphatic heterocycles. The normalized spacial score (nSPS) is 11.2. The van der Waals surface area contributed by atoms with Crippen LogP contribution in [0.3, 0.4) is 0 Å². The number of unbranched alkanes of at least 4 members (excludes halogenated alkanes) is 1. The number of rotatable bonds is 9. The van der Waals surface area contributed by atoms with E-state index in [1.807, 2.05) is 6.08 Å². The van der Waals surface area contributed by atoms with E-state index in [4.69, 9.17) is 4.74 Å². The molecule has 1 heteroatoms. The van der Waals surface area contributed by atoms with E-state index in [0.29, 0.717) is 11.5 Å². The van der Waals surface area contributed by atoms with Gasteiger partial charge in [0.2, 0.25) is 0 Å². The van der Waals surface area contributed by atoms with E-state index in [1.165, 1.54) is 0 Å². The Hall–Kier alpha value is -1.76.